The van der Waals surface area contributed by atoms with Gasteiger partial charge in [-0.1, -0.05) is 12.1 Å². The predicted octanol–water partition coefficient (Wildman–Crippen LogP) is 4.90. The molecule has 0 radical (unpaired) electrons. The van der Waals surface area contributed by atoms with Crippen LogP contribution in [-0.2, 0) is 6.42 Å². The van der Waals surface area contributed by atoms with E-state index in [1.165, 1.54) is 37.7 Å². The zero-order valence-electron chi connectivity index (χ0n) is 15.9. The molecule has 0 spiro atoms. The standard InChI is InChI=1S/C20H17F3N2O4S/c1-27-16-8-5-13(10-17(16)28-2)18(26)25-19-24-11-15(30-19)9-12-3-6-14(7-4-12)29-20(21,22)23/h3-8,10-11H,9H2,1-2H3,(H,24,25,26). The number of thiazole rings is 1. The number of ether oxygens (including phenoxy) is 3. The molecule has 0 aliphatic heterocycles. The number of benzene rings is 2. The van der Waals surface area contributed by atoms with E-state index in [1.54, 1.807) is 36.5 Å². The third-order valence-electron chi connectivity index (χ3n) is 3.96. The van der Waals surface area contributed by atoms with Crippen LogP contribution in [0.15, 0.2) is 48.7 Å². The fraction of sp³-hybridized carbons (Fsp3) is 0.200. The van der Waals surface area contributed by atoms with Crippen LogP contribution in [0.25, 0.3) is 0 Å². The van der Waals surface area contributed by atoms with E-state index in [-0.39, 0.29) is 11.7 Å². The van der Waals surface area contributed by atoms with E-state index in [4.69, 9.17) is 9.47 Å². The summed E-state index contributed by atoms with van der Waals surface area (Å²) in [6, 6.07) is 10.4. The van der Waals surface area contributed by atoms with Crippen molar-refractivity contribution in [2.45, 2.75) is 12.8 Å². The van der Waals surface area contributed by atoms with Crippen LogP contribution >= 0.6 is 11.3 Å². The molecule has 3 aromatic rings. The van der Waals surface area contributed by atoms with Gasteiger partial charge in [-0.05, 0) is 35.9 Å². The summed E-state index contributed by atoms with van der Waals surface area (Å²) in [5.41, 5.74) is 1.16. The molecule has 0 aliphatic carbocycles. The summed E-state index contributed by atoms with van der Waals surface area (Å²) in [6.07, 6.45) is -2.66. The molecule has 158 valence electrons. The number of methoxy groups -OCH3 is 2. The molecular formula is C20H17F3N2O4S. The molecule has 0 atom stereocenters. The van der Waals surface area contributed by atoms with Crippen molar-refractivity contribution in [3.05, 3.63) is 64.7 Å². The fourth-order valence-corrected chi connectivity index (χ4v) is 3.45. The minimum atomic E-state index is -4.72. The lowest BCUT2D eigenvalue weighted by Gasteiger charge is -2.09. The van der Waals surface area contributed by atoms with E-state index < -0.39 is 6.36 Å². The van der Waals surface area contributed by atoms with Crippen molar-refractivity contribution in [1.29, 1.82) is 0 Å². The topological polar surface area (TPSA) is 69.7 Å². The highest BCUT2D eigenvalue weighted by molar-refractivity contribution is 7.15. The number of anilines is 1. The lowest BCUT2D eigenvalue weighted by atomic mass is 10.1. The molecule has 3 rings (SSSR count). The van der Waals surface area contributed by atoms with Crippen LogP contribution < -0.4 is 19.5 Å². The molecule has 2 aromatic carbocycles. The van der Waals surface area contributed by atoms with Crippen molar-refractivity contribution < 1.29 is 32.2 Å². The minimum absolute atomic E-state index is 0.279. The summed E-state index contributed by atoms with van der Waals surface area (Å²) < 4.78 is 50.9. The van der Waals surface area contributed by atoms with Gasteiger partial charge in [-0.15, -0.1) is 24.5 Å². The van der Waals surface area contributed by atoms with Gasteiger partial charge in [0.25, 0.3) is 5.91 Å². The molecule has 30 heavy (non-hydrogen) atoms. The van der Waals surface area contributed by atoms with Crippen molar-refractivity contribution in [1.82, 2.24) is 4.98 Å². The first-order valence-electron chi connectivity index (χ1n) is 8.60. The van der Waals surface area contributed by atoms with E-state index >= 15 is 0 Å². The molecule has 0 saturated carbocycles. The molecule has 1 aromatic heterocycles. The molecule has 6 nitrogen and oxygen atoms in total. The molecule has 1 amide bonds. The van der Waals surface area contributed by atoms with Gasteiger partial charge in [0.2, 0.25) is 0 Å². The zero-order valence-corrected chi connectivity index (χ0v) is 16.8. The third-order valence-corrected chi connectivity index (χ3v) is 4.87. The van der Waals surface area contributed by atoms with Gasteiger partial charge in [-0.3, -0.25) is 10.1 Å². The Bertz CT molecular complexity index is 1020. The maximum Gasteiger partial charge on any atom is 0.573 e. The Balaban J connectivity index is 1.63. The van der Waals surface area contributed by atoms with Gasteiger partial charge in [0.15, 0.2) is 16.6 Å². The number of hydrogen-bond acceptors (Lipinski definition) is 6. The molecule has 0 aliphatic rings. The maximum atomic E-state index is 12.5. The van der Waals surface area contributed by atoms with E-state index in [2.05, 4.69) is 15.0 Å². The summed E-state index contributed by atoms with van der Waals surface area (Å²) in [5.74, 6) is 0.309. The fourth-order valence-electron chi connectivity index (χ4n) is 2.60. The Morgan fingerprint density at radius 1 is 1.07 bits per heavy atom. The normalized spacial score (nSPS) is 11.1. The second kappa shape index (κ2) is 9.04. The Labute approximate surface area is 174 Å². The third kappa shape index (κ3) is 5.63. The number of alkyl halides is 3. The second-order valence-corrected chi connectivity index (χ2v) is 7.14. The average molecular weight is 438 g/mol. The van der Waals surface area contributed by atoms with Gasteiger partial charge in [0, 0.05) is 23.1 Å². The Morgan fingerprint density at radius 3 is 2.40 bits per heavy atom. The Morgan fingerprint density at radius 2 is 1.77 bits per heavy atom. The molecule has 0 fully saturated rings. The first-order valence-corrected chi connectivity index (χ1v) is 9.42. The molecular weight excluding hydrogens is 421 g/mol. The Hall–Kier alpha value is -3.27. The largest absolute Gasteiger partial charge is 0.573 e. The predicted molar refractivity (Wildman–Crippen MR) is 106 cm³/mol. The molecule has 10 heteroatoms. The first kappa shape index (κ1) is 21.4. The van der Waals surface area contributed by atoms with Crippen LogP contribution in [0.1, 0.15) is 20.8 Å². The first-order chi connectivity index (χ1) is 14.3. The highest BCUT2D eigenvalue weighted by Gasteiger charge is 2.30. The quantitative estimate of drug-likeness (QED) is 0.568. The summed E-state index contributed by atoms with van der Waals surface area (Å²) in [6.45, 7) is 0. The molecule has 0 saturated heterocycles. The summed E-state index contributed by atoms with van der Waals surface area (Å²) in [5, 5.41) is 3.12. The zero-order chi connectivity index (χ0) is 21.7. The van der Waals surface area contributed by atoms with Crippen LogP contribution in [0.5, 0.6) is 17.2 Å². The van der Waals surface area contributed by atoms with Gasteiger partial charge in [-0.25, -0.2) is 4.98 Å². The van der Waals surface area contributed by atoms with Crippen LogP contribution in [0.4, 0.5) is 18.3 Å². The van der Waals surface area contributed by atoms with Crippen LogP contribution in [0, 0.1) is 0 Å². The van der Waals surface area contributed by atoms with E-state index in [1.807, 2.05) is 0 Å². The number of halogens is 3. The maximum absolute atomic E-state index is 12.5. The summed E-state index contributed by atoms with van der Waals surface area (Å²) in [4.78, 5) is 17.5. The number of nitrogens with one attached hydrogen (secondary N) is 1. The number of carbonyl (C=O) groups excluding carboxylic acids is 1. The highest BCUT2D eigenvalue weighted by atomic mass is 32.1. The number of carbonyl (C=O) groups is 1. The van der Waals surface area contributed by atoms with Crippen LogP contribution in [0.2, 0.25) is 0 Å². The van der Waals surface area contributed by atoms with Crippen molar-refractivity contribution in [2.75, 3.05) is 19.5 Å². The van der Waals surface area contributed by atoms with E-state index in [9.17, 15) is 18.0 Å². The number of hydrogen-bond donors (Lipinski definition) is 1. The van der Waals surface area contributed by atoms with E-state index in [0.29, 0.717) is 28.6 Å². The number of rotatable bonds is 7. The lowest BCUT2D eigenvalue weighted by molar-refractivity contribution is -0.274. The number of nitrogens with zero attached hydrogens (tertiary/aromatic N) is 1. The lowest BCUT2D eigenvalue weighted by Crippen LogP contribution is -2.17. The van der Waals surface area contributed by atoms with Crippen molar-refractivity contribution in [3.8, 4) is 17.2 Å². The van der Waals surface area contributed by atoms with Crippen molar-refractivity contribution >= 4 is 22.4 Å². The van der Waals surface area contributed by atoms with Gasteiger partial charge in [0.05, 0.1) is 14.2 Å². The van der Waals surface area contributed by atoms with Gasteiger partial charge >= 0.3 is 6.36 Å². The number of amides is 1. The minimum Gasteiger partial charge on any atom is -0.493 e. The van der Waals surface area contributed by atoms with Crippen LogP contribution in [0.3, 0.4) is 0 Å². The highest BCUT2D eigenvalue weighted by Crippen LogP contribution is 2.29. The van der Waals surface area contributed by atoms with Crippen molar-refractivity contribution in [3.63, 3.8) is 0 Å². The monoisotopic (exact) mass is 438 g/mol. The second-order valence-electron chi connectivity index (χ2n) is 6.02. The molecule has 0 bridgehead atoms. The smallest absolute Gasteiger partial charge is 0.493 e. The van der Waals surface area contributed by atoms with Gasteiger partial charge < -0.3 is 14.2 Å². The molecule has 1 heterocycles. The molecule has 0 unspecified atom stereocenters. The van der Waals surface area contributed by atoms with Crippen molar-refractivity contribution in [2.24, 2.45) is 0 Å². The summed E-state index contributed by atoms with van der Waals surface area (Å²) in [7, 11) is 2.99. The van der Waals surface area contributed by atoms with E-state index in [0.717, 1.165) is 10.4 Å². The SMILES string of the molecule is COc1ccc(C(=O)Nc2ncc(Cc3ccc(OC(F)(F)F)cc3)s2)cc1OC. The van der Waals surface area contributed by atoms with Crippen LogP contribution in [-0.4, -0.2) is 31.5 Å². The van der Waals surface area contributed by atoms with Gasteiger partial charge in [-0.2, -0.15) is 0 Å². The Kier molecular flexibility index (Phi) is 6.46. The average Bonchev–Trinajstić information content (AvgIpc) is 3.14. The van der Waals surface area contributed by atoms with Gasteiger partial charge in [0.1, 0.15) is 5.75 Å². The molecule has 1 N–H and O–H groups in total. The summed E-state index contributed by atoms with van der Waals surface area (Å²) >= 11 is 1.27. The number of aromatic nitrogens is 1.